The van der Waals surface area contributed by atoms with Crippen molar-refractivity contribution in [2.75, 3.05) is 13.7 Å². The third kappa shape index (κ3) is 7.86. The molecule has 31 heavy (non-hydrogen) atoms. The van der Waals surface area contributed by atoms with Gasteiger partial charge < -0.3 is 25.2 Å². The molecule has 3 N–H and O–H groups in total. The minimum Gasteiger partial charge on any atom is -0.467 e. The molecule has 0 spiro atoms. The minimum absolute atomic E-state index is 0.0000198. The lowest BCUT2D eigenvalue weighted by atomic mass is 10.1. The predicted octanol–water partition coefficient (Wildman–Crippen LogP) is 2.59. The zero-order chi connectivity index (χ0) is 22.8. The third-order valence-corrected chi connectivity index (χ3v) is 5.25. The van der Waals surface area contributed by atoms with E-state index in [1.54, 1.807) is 42.5 Å². The lowest BCUT2D eigenvalue weighted by molar-refractivity contribution is -0.145. The molecule has 0 aromatic heterocycles. The highest BCUT2D eigenvalue weighted by Crippen LogP contribution is 2.22. The Labute approximate surface area is 193 Å². The maximum atomic E-state index is 12.6. The van der Waals surface area contributed by atoms with Gasteiger partial charge in [0, 0.05) is 15.9 Å². The molecule has 0 radical (unpaired) electrons. The van der Waals surface area contributed by atoms with E-state index in [9.17, 15) is 19.5 Å². The Morgan fingerprint density at radius 1 is 1.10 bits per heavy atom. The molecule has 2 aromatic carbocycles. The molecule has 8 nitrogen and oxygen atoms in total. The highest BCUT2D eigenvalue weighted by molar-refractivity contribution is 9.10. The number of nitrogens with one attached hydrogen (secondary N) is 2. The van der Waals surface area contributed by atoms with E-state index < -0.39 is 36.7 Å². The molecular weight excluding hydrogens is 492 g/mol. The van der Waals surface area contributed by atoms with Gasteiger partial charge in [0.2, 0.25) is 5.91 Å². The standard InChI is InChI=1S/C21H22BrClN2O6/c1-30-20(28)17(10-14-9-15(23)7-8-16(14)22)24-19(27)18(11-26)25-21(29)31-12-13-5-3-2-4-6-13/h2-9,17-18,26H,10-12H2,1H3,(H,24,27)(H,25,29)/t17-,18-/m0/s1. The van der Waals surface area contributed by atoms with E-state index >= 15 is 0 Å². The van der Waals surface area contributed by atoms with Gasteiger partial charge in [-0.3, -0.25) is 4.79 Å². The first-order valence-corrected chi connectivity index (χ1v) is 10.4. The largest absolute Gasteiger partial charge is 0.467 e. The van der Waals surface area contributed by atoms with Crippen LogP contribution in [0.4, 0.5) is 4.79 Å². The molecule has 0 fully saturated rings. The number of esters is 1. The Morgan fingerprint density at radius 2 is 1.81 bits per heavy atom. The first-order valence-electron chi connectivity index (χ1n) is 9.24. The van der Waals surface area contributed by atoms with Gasteiger partial charge in [-0.2, -0.15) is 0 Å². The number of carbonyl (C=O) groups is 3. The molecule has 0 bridgehead atoms. The van der Waals surface area contributed by atoms with Crippen LogP contribution in [0.15, 0.2) is 53.0 Å². The van der Waals surface area contributed by atoms with Crippen molar-refractivity contribution in [1.29, 1.82) is 0 Å². The van der Waals surface area contributed by atoms with Crippen molar-refractivity contribution in [3.63, 3.8) is 0 Å². The number of benzene rings is 2. The highest BCUT2D eigenvalue weighted by Gasteiger charge is 2.28. The van der Waals surface area contributed by atoms with Crippen molar-refractivity contribution in [2.45, 2.75) is 25.1 Å². The van der Waals surface area contributed by atoms with Gasteiger partial charge in [-0.15, -0.1) is 0 Å². The van der Waals surface area contributed by atoms with E-state index in [0.29, 0.717) is 15.1 Å². The summed E-state index contributed by atoms with van der Waals surface area (Å²) in [6, 6.07) is 11.6. The van der Waals surface area contributed by atoms with Crippen LogP contribution in [0.5, 0.6) is 0 Å². The Balaban J connectivity index is 2.00. The molecule has 2 atom stereocenters. The molecule has 0 aliphatic carbocycles. The number of aliphatic hydroxyl groups excluding tert-OH is 1. The number of alkyl carbamates (subject to hydrolysis) is 1. The summed E-state index contributed by atoms with van der Waals surface area (Å²) in [6.07, 6.45) is -0.804. The van der Waals surface area contributed by atoms with Crippen LogP contribution >= 0.6 is 27.5 Å². The molecular formula is C21H22BrClN2O6. The monoisotopic (exact) mass is 512 g/mol. The van der Waals surface area contributed by atoms with Crippen LogP contribution in [-0.2, 0) is 32.1 Å². The average Bonchev–Trinajstić information content (AvgIpc) is 2.77. The number of amides is 2. The fourth-order valence-electron chi connectivity index (χ4n) is 2.63. The lowest BCUT2D eigenvalue weighted by Crippen LogP contribution is -2.54. The Hall–Kier alpha value is -2.62. The number of methoxy groups -OCH3 is 1. The van der Waals surface area contributed by atoms with E-state index in [0.717, 1.165) is 5.56 Å². The second-order valence-electron chi connectivity index (χ2n) is 6.47. The lowest BCUT2D eigenvalue weighted by Gasteiger charge is -2.21. The first kappa shape index (κ1) is 24.6. The molecule has 166 valence electrons. The van der Waals surface area contributed by atoms with E-state index in [1.165, 1.54) is 7.11 Å². The summed E-state index contributed by atoms with van der Waals surface area (Å²) >= 11 is 9.38. The van der Waals surface area contributed by atoms with E-state index in [2.05, 4.69) is 26.6 Å². The van der Waals surface area contributed by atoms with Crippen LogP contribution in [0.3, 0.4) is 0 Å². The minimum atomic E-state index is -1.32. The van der Waals surface area contributed by atoms with Crippen molar-refractivity contribution in [1.82, 2.24) is 10.6 Å². The molecule has 0 heterocycles. The summed E-state index contributed by atoms with van der Waals surface area (Å²) < 4.78 is 10.5. The zero-order valence-corrected chi connectivity index (χ0v) is 19.0. The smallest absolute Gasteiger partial charge is 0.408 e. The number of aliphatic hydroxyl groups is 1. The van der Waals surface area contributed by atoms with Gasteiger partial charge in [0.05, 0.1) is 13.7 Å². The van der Waals surface area contributed by atoms with Gasteiger partial charge in [-0.25, -0.2) is 9.59 Å². The van der Waals surface area contributed by atoms with Crippen molar-refractivity contribution in [3.8, 4) is 0 Å². The molecule has 0 saturated heterocycles. The summed E-state index contributed by atoms with van der Waals surface area (Å²) in [7, 11) is 1.19. The van der Waals surface area contributed by atoms with E-state index in [1.807, 2.05) is 6.07 Å². The van der Waals surface area contributed by atoms with Crippen LogP contribution in [0.1, 0.15) is 11.1 Å². The molecule has 2 amide bonds. The van der Waals surface area contributed by atoms with Crippen LogP contribution in [0, 0.1) is 0 Å². The molecule has 0 aliphatic rings. The number of hydrogen-bond donors (Lipinski definition) is 3. The SMILES string of the molecule is COC(=O)[C@H](Cc1cc(Cl)ccc1Br)NC(=O)[C@H](CO)NC(=O)OCc1ccccc1. The van der Waals surface area contributed by atoms with Gasteiger partial charge >= 0.3 is 12.1 Å². The summed E-state index contributed by atoms with van der Waals surface area (Å²) in [5.41, 5.74) is 1.43. The van der Waals surface area contributed by atoms with E-state index in [4.69, 9.17) is 21.1 Å². The van der Waals surface area contributed by atoms with Crippen molar-refractivity contribution < 1.29 is 29.0 Å². The van der Waals surface area contributed by atoms with Gasteiger partial charge in [0.25, 0.3) is 0 Å². The Morgan fingerprint density at radius 3 is 2.45 bits per heavy atom. The van der Waals surface area contributed by atoms with Crippen molar-refractivity contribution >= 4 is 45.5 Å². The molecule has 2 aromatic rings. The highest BCUT2D eigenvalue weighted by atomic mass is 79.9. The van der Waals surface area contributed by atoms with Crippen molar-refractivity contribution in [2.24, 2.45) is 0 Å². The maximum Gasteiger partial charge on any atom is 0.408 e. The number of ether oxygens (including phenoxy) is 2. The maximum absolute atomic E-state index is 12.6. The first-order chi connectivity index (χ1) is 14.8. The van der Waals surface area contributed by atoms with Crippen LogP contribution < -0.4 is 10.6 Å². The summed E-state index contributed by atoms with van der Waals surface area (Å²) in [5.74, 6) is -1.46. The van der Waals surface area contributed by atoms with Crippen molar-refractivity contribution in [3.05, 3.63) is 69.2 Å². The molecule has 10 heteroatoms. The van der Waals surface area contributed by atoms with Gasteiger partial charge in [-0.1, -0.05) is 57.9 Å². The second-order valence-corrected chi connectivity index (χ2v) is 7.76. The molecule has 0 saturated carbocycles. The summed E-state index contributed by atoms with van der Waals surface area (Å²) in [4.78, 5) is 36.8. The number of halogens is 2. The quantitative estimate of drug-likeness (QED) is 0.444. The average molecular weight is 514 g/mol. The summed E-state index contributed by atoms with van der Waals surface area (Å²) in [5, 5.41) is 14.8. The molecule has 0 unspecified atom stereocenters. The number of hydrogen-bond acceptors (Lipinski definition) is 6. The number of carbonyl (C=O) groups excluding carboxylic acids is 3. The van der Waals surface area contributed by atoms with Gasteiger partial charge in [0.15, 0.2) is 0 Å². The normalized spacial score (nSPS) is 12.4. The van der Waals surface area contributed by atoms with Gasteiger partial charge in [0.1, 0.15) is 18.7 Å². The van der Waals surface area contributed by atoms with Gasteiger partial charge in [-0.05, 0) is 29.3 Å². The van der Waals surface area contributed by atoms with Crippen LogP contribution in [0.25, 0.3) is 0 Å². The topological polar surface area (TPSA) is 114 Å². The Bertz CT molecular complexity index is 912. The third-order valence-electron chi connectivity index (χ3n) is 4.24. The summed E-state index contributed by atoms with van der Waals surface area (Å²) in [6.45, 7) is -0.693. The van der Waals surface area contributed by atoms with Crippen LogP contribution in [-0.4, -0.2) is 48.9 Å². The fraction of sp³-hybridized carbons (Fsp3) is 0.286. The van der Waals surface area contributed by atoms with Crippen LogP contribution in [0.2, 0.25) is 5.02 Å². The molecule has 2 rings (SSSR count). The predicted molar refractivity (Wildman–Crippen MR) is 117 cm³/mol. The van der Waals surface area contributed by atoms with E-state index in [-0.39, 0.29) is 13.0 Å². The second kappa shape index (κ2) is 12.3. The Kier molecular flexibility index (Phi) is 9.77. The fourth-order valence-corrected chi connectivity index (χ4v) is 3.23. The number of rotatable bonds is 9. The zero-order valence-electron chi connectivity index (χ0n) is 16.6. The molecule has 0 aliphatic heterocycles.